The summed E-state index contributed by atoms with van der Waals surface area (Å²) < 4.78 is 0. The summed E-state index contributed by atoms with van der Waals surface area (Å²) in [7, 11) is 0. The minimum absolute atomic E-state index is 0.0981. The van der Waals surface area contributed by atoms with Crippen LogP contribution in [0.2, 0.25) is 0 Å². The number of hydrogen-bond acceptors (Lipinski definition) is 3. The molecule has 1 unspecified atom stereocenters. The van der Waals surface area contributed by atoms with Gasteiger partial charge in [0.2, 0.25) is 0 Å². The van der Waals surface area contributed by atoms with E-state index < -0.39 is 11.5 Å². The number of rotatable bonds is 2. The average Bonchev–Trinajstić information content (AvgIpc) is 2.91. The van der Waals surface area contributed by atoms with Gasteiger partial charge in [-0.3, -0.25) is 4.79 Å². The Morgan fingerprint density at radius 3 is 2.71 bits per heavy atom. The lowest BCUT2D eigenvalue weighted by atomic mass is 9.88. The van der Waals surface area contributed by atoms with E-state index >= 15 is 0 Å². The van der Waals surface area contributed by atoms with Gasteiger partial charge in [0.15, 0.2) is 0 Å². The van der Waals surface area contributed by atoms with Crippen LogP contribution in [0.25, 0.3) is 0 Å². The molecule has 1 aliphatic heterocycles. The molecule has 1 aromatic rings. The molecule has 4 nitrogen and oxygen atoms in total. The molecule has 0 spiro atoms. The van der Waals surface area contributed by atoms with Crippen molar-refractivity contribution in [3.8, 4) is 0 Å². The van der Waals surface area contributed by atoms with Crippen molar-refractivity contribution in [3.63, 3.8) is 0 Å². The first-order valence-corrected chi connectivity index (χ1v) is 8.51. The van der Waals surface area contributed by atoms with E-state index in [-0.39, 0.29) is 5.91 Å². The van der Waals surface area contributed by atoms with Crippen LogP contribution in [0.1, 0.15) is 59.1 Å². The zero-order valence-corrected chi connectivity index (χ0v) is 13.2. The topological polar surface area (TPSA) is 57.6 Å². The van der Waals surface area contributed by atoms with E-state index in [1.807, 2.05) is 6.07 Å². The van der Waals surface area contributed by atoms with Gasteiger partial charge in [-0.2, -0.15) is 0 Å². The van der Waals surface area contributed by atoms with Crippen molar-refractivity contribution < 1.29 is 14.7 Å². The highest BCUT2D eigenvalue weighted by Gasteiger charge is 2.44. The molecule has 5 heteroatoms. The second-order valence-electron chi connectivity index (χ2n) is 6.26. The predicted octanol–water partition coefficient (Wildman–Crippen LogP) is 3.10. The summed E-state index contributed by atoms with van der Waals surface area (Å²) in [4.78, 5) is 28.1. The number of amides is 1. The summed E-state index contributed by atoms with van der Waals surface area (Å²) in [6.45, 7) is 2.23. The number of carboxylic acid groups (broad SMARTS) is 1. The van der Waals surface area contributed by atoms with E-state index in [0.29, 0.717) is 13.0 Å². The van der Waals surface area contributed by atoms with E-state index in [0.717, 1.165) is 30.6 Å². The molecule has 1 N–H and O–H groups in total. The summed E-state index contributed by atoms with van der Waals surface area (Å²) in [5, 5.41) is 9.54. The zero-order valence-electron chi connectivity index (χ0n) is 12.4. The van der Waals surface area contributed by atoms with Crippen molar-refractivity contribution in [2.45, 2.75) is 57.4 Å². The van der Waals surface area contributed by atoms with Crippen LogP contribution >= 0.6 is 11.3 Å². The second kappa shape index (κ2) is 5.44. The Hall–Kier alpha value is -1.36. The molecule has 0 radical (unpaired) electrons. The van der Waals surface area contributed by atoms with Crippen LogP contribution in [-0.2, 0) is 17.6 Å². The van der Waals surface area contributed by atoms with Crippen molar-refractivity contribution in [3.05, 3.63) is 21.4 Å². The summed E-state index contributed by atoms with van der Waals surface area (Å²) in [5.74, 6) is -0.990. The fourth-order valence-corrected chi connectivity index (χ4v) is 4.60. The van der Waals surface area contributed by atoms with Crippen LogP contribution in [-0.4, -0.2) is 34.0 Å². The minimum atomic E-state index is -1.06. The van der Waals surface area contributed by atoms with Crippen molar-refractivity contribution in [1.29, 1.82) is 0 Å². The number of carbonyl (C=O) groups is 2. The van der Waals surface area contributed by atoms with Gasteiger partial charge in [-0.15, -0.1) is 11.3 Å². The maximum Gasteiger partial charge on any atom is 0.329 e. The Bertz CT molecular complexity index is 557. The molecular weight excluding hydrogens is 286 g/mol. The van der Waals surface area contributed by atoms with Crippen molar-refractivity contribution in [2.24, 2.45) is 0 Å². The maximum atomic E-state index is 12.8. The van der Waals surface area contributed by atoms with Crippen molar-refractivity contribution in [1.82, 2.24) is 4.90 Å². The highest BCUT2D eigenvalue weighted by Crippen LogP contribution is 2.34. The summed E-state index contributed by atoms with van der Waals surface area (Å²) >= 11 is 1.57. The Morgan fingerprint density at radius 1 is 1.24 bits per heavy atom. The van der Waals surface area contributed by atoms with Gasteiger partial charge in [0, 0.05) is 11.4 Å². The van der Waals surface area contributed by atoms with E-state index in [4.69, 9.17) is 0 Å². The van der Waals surface area contributed by atoms with Gasteiger partial charge in [-0.05, 0) is 63.5 Å². The van der Waals surface area contributed by atoms with Gasteiger partial charge in [-0.25, -0.2) is 4.79 Å². The van der Waals surface area contributed by atoms with Gasteiger partial charge in [-0.1, -0.05) is 0 Å². The molecule has 0 aromatic carbocycles. The van der Waals surface area contributed by atoms with Gasteiger partial charge >= 0.3 is 5.97 Å². The lowest BCUT2D eigenvalue weighted by molar-refractivity contribution is -0.150. The number of aliphatic carboxylic acids is 1. The fourth-order valence-electron chi connectivity index (χ4n) is 3.40. The van der Waals surface area contributed by atoms with Crippen LogP contribution < -0.4 is 0 Å². The van der Waals surface area contributed by atoms with Crippen molar-refractivity contribution in [2.75, 3.05) is 6.54 Å². The molecule has 1 fully saturated rings. The largest absolute Gasteiger partial charge is 0.480 e. The molecule has 0 bridgehead atoms. The van der Waals surface area contributed by atoms with Crippen LogP contribution in [0.15, 0.2) is 6.07 Å². The average molecular weight is 307 g/mol. The third-order valence-corrected chi connectivity index (χ3v) is 6.03. The number of likely N-dealkylation sites (tertiary alicyclic amines) is 1. The smallest absolute Gasteiger partial charge is 0.329 e. The van der Waals surface area contributed by atoms with Crippen molar-refractivity contribution >= 4 is 23.2 Å². The van der Waals surface area contributed by atoms with Crippen LogP contribution in [0.4, 0.5) is 0 Å². The van der Waals surface area contributed by atoms with E-state index in [1.165, 1.54) is 23.3 Å². The summed E-state index contributed by atoms with van der Waals surface area (Å²) in [6.07, 6.45) is 6.79. The van der Waals surface area contributed by atoms with E-state index in [1.54, 1.807) is 23.2 Å². The molecule has 114 valence electrons. The first kappa shape index (κ1) is 14.6. The van der Waals surface area contributed by atoms with Crippen LogP contribution in [0.5, 0.6) is 0 Å². The lowest BCUT2D eigenvalue weighted by Gasteiger charge is -2.41. The first-order valence-electron chi connectivity index (χ1n) is 7.69. The van der Waals surface area contributed by atoms with E-state index in [2.05, 4.69) is 0 Å². The molecular formula is C16H21NO3S. The molecule has 3 rings (SSSR count). The monoisotopic (exact) mass is 307 g/mol. The minimum Gasteiger partial charge on any atom is -0.480 e. The highest BCUT2D eigenvalue weighted by molar-refractivity contribution is 7.14. The Balaban J connectivity index is 1.89. The molecule has 1 aromatic heterocycles. The standard InChI is InChI=1S/C16H21NO3S/c1-16(15(19)20)8-4-5-9-17(16)14(18)13-10-11-6-2-3-7-12(11)21-13/h10H,2-9H2,1H3,(H,19,20). The predicted molar refractivity (Wildman–Crippen MR) is 81.9 cm³/mol. The Kier molecular flexibility index (Phi) is 3.78. The number of carbonyl (C=O) groups excluding carboxylic acids is 1. The van der Waals surface area contributed by atoms with Gasteiger partial charge in [0.05, 0.1) is 4.88 Å². The highest BCUT2D eigenvalue weighted by atomic mass is 32.1. The van der Waals surface area contributed by atoms with Gasteiger partial charge in [0.25, 0.3) is 5.91 Å². The molecule has 1 amide bonds. The first-order chi connectivity index (χ1) is 10.0. The number of fused-ring (bicyclic) bond motifs is 1. The van der Waals surface area contributed by atoms with Gasteiger partial charge < -0.3 is 10.0 Å². The number of thiophene rings is 1. The quantitative estimate of drug-likeness (QED) is 0.913. The summed E-state index contributed by atoms with van der Waals surface area (Å²) in [5.41, 5.74) is 0.239. The second-order valence-corrected chi connectivity index (χ2v) is 7.40. The molecule has 1 atom stereocenters. The molecule has 0 saturated carbocycles. The summed E-state index contributed by atoms with van der Waals surface area (Å²) in [6, 6.07) is 2.00. The maximum absolute atomic E-state index is 12.8. The number of nitrogens with zero attached hydrogens (tertiary/aromatic N) is 1. The Labute approximate surface area is 128 Å². The number of aryl methyl sites for hydroxylation is 2. The lowest BCUT2D eigenvalue weighted by Crippen LogP contribution is -2.57. The molecule has 1 aliphatic carbocycles. The van der Waals surface area contributed by atoms with E-state index in [9.17, 15) is 14.7 Å². The van der Waals surface area contributed by atoms with Crippen LogP contribution in [0.3, 0.4) is 0 Å². The van der Waals surface area contributed by atoms with Crippen LogP contribution in [0, 0.1) is 0 Å². The SMILES string of the molecule is CC1(C(=O)O)CCCCN1C(=O)c1cc2c(s1)CCCC2. The Morgan fingerprint density at radius 2 is 2.00 bits per heavy atom. The third kappa shape index (κ3) is 2.48. The third-order valence-electron chi connectivity index (χ3n) is 4.80. The van der Waals surface area contributed by atoms with Gasteiger partial charge in [0.1, 0.15) is 5.54 Å². The number of hydrogen-bond donors (Lipinski definition) is 1. The molecule has 2 aliphatic rings. The fraction of sp³-hybridized carbons (Fsp3) is 0.625. The molecule has 2 heterocycles. The normalized spacial score (nSPS) is 25.5. The molecule has 21 heavy (non-hydrogen) atoms. The number of piperidine rings is 1. The number of carboxylic acids is 1. The zero-order chi connectivity index (χ0) is 15.0. The molecule has 1 saturated heterocycles.